The number of nitrogens with one attached hydrogen (secondary N) is 1. The van der Waals surface area contributed by atoms with E-state index in [9.17, 15) is 14.4 Å². The molecule has 1 aliphatic heterocycles. The van der Waals surface area contributed by atoms with Crippen molar-refractivity contribution in [3.05, 3.63) is 35.4 Å². The van der Waals surface area contributed by atoms with Crippen molar-refractivity contribution in [2.75, 3.05) is 13.1 Å². The van der Waals surface area contributed by atoms with E-state index >= 15 is 0 Å². The lowest BCUT2D eigenvalue weighted by atomic mass is 10.0. The summed E-state index contributed by atoms with van der Waals surface area (Å²) in [7, 11) is 0. The standard InChI is InChI=1S/C17H21N3O3/c18-15(21)12-2-1-3-13(10-12)16(22)19-14-6-8-20(9-7-14)17(23)11-4-5-11/h1-3,10-11,14H,4-9H2,(H2,18,21)(H,19,22). The van der Waals surface area contributed by atoms with Crippen LogP contribution in [-0.4, -0.2) is 41.8 Å². The van der Waals surface area contributed by atoms with Gasteiger partial charge in [-0.05, 0) is 43.9 Å². The smallest absolute Gasteiger partial charge is 0.251 e. The Bertz CT molecular complexity index is 632. The molecule has 3 rings (SSSR count). The van der Waals surface area contributed by atoms with Crippen molar-refractivity contribution in [1.82, 2.24) is 10.2 Å². The van der Waals surface area contributed by atoms with Gasteiger partial charge in [0.25, 0.3) is 5.91 Å². The number of amides is 3. The van der Waals surface area contributed by atoms with Crippen LogP contribution in [0.15, 0.2) is 24.3 Å². The summed E-state index contributed by atoms with van der Waals surface area (Å²) in [4.78, 5) is 37.4. The first-order valence-corrected chi connectivity index (χ1v) is 8.04. The fourth-order valence-electron chi connectivity index (χ4n) is 2.92. The Morgan fingerprint density at radius 3 is 2.30 bits per heavy atom. The number of rotatable bonds is 4. The summed E-state index contributed by atoms with van der Waals surface area (Å²) >= 11 is 0. The quantitative estimate of drug-likeness (QED) is 0.865. The lowest BCUT2D eigenvalue weighted by molar-refractivity contribution is -0.133. The van der Waals surface area contributed by atoms with Crippen LogP contribution in [-0.2, 0) is 4.79 Å². The Morgan fingerprint density at radius 2 is 1.70 bits per heavy atom. The van der Waals surface area contributed by atoms with Gasteiger partial charge in [0.1, 0.15) is 0 Å². The molecule has 6 heteroatoms. The minimum atomic E-state index is -0.549. The third kappa shape index (κ3) is 3.70. The highest BCUT2D eigenvalue weighted by atomic mass is 16.2. The van der Waals surface area contributed by atoms with Crippen molar-refractivity contribution >= 4 is 17.7 Å². The molecule has 1 aromatic carbocycles. The van der Waals surface area contributed by atoms with Crippen LogP contribution in [0.2, 0.25) is 0 Å². The van der Waals surface area contributed by atoms with Gasteiger partial charge in [-0.1, -0.05) is 6.07 Å². The van der Waals surface area contributed by atoms with Gasteiger partial charge in [-0.25, -0.2) is 0 Å². The summed E-state index contributed by atoms with van der Waals surface area (Å²) in [5.74, 6) is -0.242. The zero-order valence-electron chi connectivity index (χ0n) is 13.0. The van der Waals surface area contributed by atoms with Gasteiger partial charge in [-0.2, -0.15) is 0 Å². The summed E-state index contributed by atoms with van der Waals surface area (Å²) in [6.45, 7) is 1.39. The molecule has 1 aromatic rings. The van der Waals surface area contributed by atoms with Crippen LogP contribution in [0.4, 0.5) is 0 Å². The number of benzene rings is 1. The Labute approximate surface area is 135 Å². The average molecular weight is 315 g/mol. The van der Waals surface area contributed by atoms with E-state index < -0.39 is 5.91 Å². The van der Waals surface area contributed by atoms with Gasteiger partial charge in [0.2, 0.25) is 11.8 Å². The summed E-state index contributed by atoms with van der Waals surface area (Å²) in [6.07, 6.45) is 3.57. The Hall–Kier alpha value is -2.37. The lowest BCUT2D eigenvalue weighted by Crippen LogP contribution is -2.47. The van der Waals surface area contributed by atoms with Gasteiger partial charge < -0.3 is 16.0 Å². The molecule has 0 unspecified atom stereocenters. The molecule has 1 heterocycles. The second-order valence-corrected chi connectivity index (χ2v) is 6.29. The van der Waals surface area contributed by atoms with Crippen molar-refractivity contribution < 1.29 is 14.4 Å². The van der Waals surface area contributed by atoms with Gasteiger partial charge in [0, 0.05) is 36.2 Å². The molecular weight excluding hydrogens is 294 g/mol. The number of piperidine rings is 1. The van der Waals surface area contributed by atoms with E-state index in [1.165, 1.54) is 6.07 Å². The van der Waals surface area contributed by atoms with Crippen molar-refractivity contribution in [2.45, 2.75) is 31.7 Å². The monoisotopic (exact) mass is 315 g/mol. The van der Waals surface area contributed by atoms with Gasteiger partial charge in [-0.15, -0.1) is 0 Å². The number of nitrogens with zero attached hydrogens (tertiary/aromatic N) is 1. The maximum Gasteiger partial charge on any atom is 0.251 e. The van der Waals surface area contributed by atoms with Crippen LogP contribution >= 0.6 is 0 Å². The first-order chi connectivity index (χ1) is 11.0. The molecule has 0 spiro atoms. The summed E-state index contributed by atoms with van der Waals surface area (Å²) in [6, 6.07) is 6.45. The molecule has 2 fully saturated rings. The second kappa shape index (κ2) is 6.40. The zero-order valence-corrected chi connectivity index (χ0v) is 13.0. The van der Waals surface area contributed by atoms with E-state index in [0.717, 1.165) is 25.7 Å². The number of hydrogen-bond donors (Lipinski definition) is 2. The number of primary amides is 1. The third-order valence-electron chi connectivity index (χ3n) is 4.48. The van der Waals surface area contributed by atoms with Crippen molar-refractivity contribution in [2.24, 2.45) is 11.7 Å². The highest BCUT2D eigenvalue weighted by molar-refractivity contribution is 5.99. The van der Waals surface area contributed by atoms with Crippen LogP contribution in [0, 0.1) is 5.92 Å². The van der Waals surface area contributed by atoms with E-state index in [2.05, 4.69) is 5.32 Å². The lowest BCUT2D eigenvalue weighted by Gasteiger charge is -2.32. The Morgan fingerprint density at radius 1 is 1.04 bits per heavy atom. The van der Waals surface area contributed by atoms with Gasteiger partial charge in [0.15, 0.2) is 0 Å². The topological polar surface area (TPSA) is 92.5 Å². The van der Waals surface area contributed by atoms with E-state index in [1.807, 2.05) is 4.90 Å². The Balaban J connectivity index is 1.53. The third-order valence-corrected chi connectivity index (χ3v) is 4.48. The molecule has 23 heavy (non-hydrogen) atoms. The van der Waals surface area contributed by atoms with Gasteiger partial charge in [-0.3, -0.25) is 14.4 Å². The maximum atomic E-state index is 12.3. The normalized spacial score (nSPS) is 18.5. The van der Waals surface area contributed by atoms with Crippen LogP contribution in [0.25, 0.3) is 0 Å². The van der Waals surface area contributed by atoms with Crippen LogP contribution in [0.5, 0.6) is 0 Å². The zero-order chi connectivity index (χ0) is 16.4. The van der Waals surface area contributed by atoms with E-state index in [4.69, 9.17) is 5.73 Å². The molecule has 3 N–H and O–H groups in total. The average Bonchev–Trinajstić information content (AvgIpc) is 3.40. The fourth-order valence-corrected chi connectivity index (χ4v) is 2.92. The predicted octanol–water partition coefficient (Wildman–Crippen LogP) is 0.916. The molecule has 122 valence electrons. The number of likely N-dealkylation sites (tertiary alicyclic amines) is 1. The minimum Gasteiger partial charge on any atom is -0.366 e. The molecule has 2 aliphatic rings. The Kier molecular flexibility index (Phi) is 4.32. The first kappa shape index (κ1) is 15.5. The molecule has 1 aliphatic carbocycles. The summed E-state index contributed by atoms with van der Waals surface area (Å²) in [5.41, 5.74) is 5.98. The van der Waals surface area contributed by atoms with Crippen LogP contribution in [0.1, 0.15) is 46.4 Å². The molecule has 3 amide bonds. The van der Waals surface area contributed by atoms with Crippen molar-refractivity contribution in [3.63, 3.8) is 0 Å². The number of carbonyl (C=O) groups is 3. The van der Waals surface area contributed by atoms with Crippen LogP contribution < -0.4 is 11.1 Å². The molecule has 0 bridgehead atoms. The van der Waals surface area contributed by atoms with E-state index in [0.29, 0.717) is 24.2 Å². The second-order valence-electron chi connectivity index (χ2n) is 6.29. The molecule has 1 saturated carbocycles. The maximum absolute atomic E-state index is 12.3. The summed E-state index contributed by atoms with van der Waals surface area (Å²) in [5, 5.41) is 2.98. The molecule has 0 aromatic heterocycles. The SMILES string of the molecule is NC(=O)c1cccc(C(=O)NC2CCN(C(=O)C3CC3)CC2)c1. The minimum absolute atomic E-state index is 0.0583. The van der Waals surface area contributed by atoms with Gasteiger partial charge >= 0.3 is 0 Å². The van der Waals surface area contributed by atoms with Crippen LogP contribution in [0.3, 0.4) is 0 Å². The summed E-state index contributed by atoms with van der Waals surface area (Å²) < 4.78 is 0. The van der Waals surface area contributed by atoms with E-state index in [-0.39, 0.29) is 23.8 Å². The molecule has 1 saturated heterocycles. The van der Waals surface area contributed by atoms with Crippen molar-refractivity contribution in [3.8, 4) is 0 Å². The number of nitrogens with two attached hydrogens (primary N) is 1. The highest BCUT2D eigenvalue weighted by Gasteiger charge is 2.35. The van der Waals surface area contributed by atoms with Crippen molar-refractivity contribution in [1.29, 1.82) is 0 Å². The predicted molar refractivity (Wildman–Crippen MR) is 84.8 cm³/mol. The first-order valence-electron chi connectivity index (χ1n) is 8.04. The molecular formula is C17H21N3O3. The largest absolute Gasteiger partial charge is 0.366 e. The molecule has 0 atom stereocenters. The van der Waals surface area contributed by atoms with Gasteiger partial charge in [0.05, 0.1) is 0 Å². The fraction of sp³-hybridized carbons (Fsp3) is 0.471. The molecule has 0 radical (unpaired) electrons. The van der Waals surface area contributed by atoms with E-state index in [1.54, 1.807) is 18.2 Å². The number of hydrogen-bond acceptors (Lipinski definition) is 3. The highest BCUT2D eigenvalue weighted by Crippen LogP contribution is 2.31. The molecule has 6 nitrogen and oxygen atoms in total. The number of carbonyl (C=O) groups excluding carboxylic acids is 3.